The maximum absolute atomic E-state index is 12.1. The Morgan fingerprint density at radius 3 is 2.56 bits per heavy atom. The van der Waals surface area contributed by atoms with Crippen molar-refractivity contribution in [2.24, 2.45) is 0 Å². The third kappa shape index (κ3) is 5.21. The van der Waals surface area contributed by atoms with E-state index >= 15 is 0 Å². The van der Waals surface area contributed by atoms with Gasteiger partial charge in [0, 0.05) is 30.7 Å². The number of rotatable bonds is 5. The Morgan fingerprint density at radius 1 is 1.20 bits per heavy atom. The summed E-state index contributed by atoms with van der Waals surface area (Å²) in [6.45, 7) is 5.96. The molecule has 2 unspecified atom stereocenters. The van der Waals surface area contributed by atoms with E-state index in [1.165, 1.54) is 11.8 Å². The van der Waals surface area contributed by atoms with Crippen LogP contribution in [0.4, 0.5) is 11.4 Å². The maximum Gasteiger partial charge on any atom is 0.234 e. The first-order chi connectivity index (χ1) is 12.1. The van der Waals surface area contributed by atoms with Crippen LogP contribution in [-0.4, -0.2) is 41.9 Å². The molecule has 0 aliphatic carbocycles. The highest BCUT2D eigenvalue weighted by Crippen LogP contribution is 2.22. The van der Waals surface area contributed by atoms with Gasteiger partial charge in [-0.1, -0.05) is 17.8 Å². The van der Waals surface area contributed by atoms with Crippen LogP contribution in [0.25, 0.3) is 0 Å². The monoisotopic (exact) mass is 357 g/mol. The molecule has 1 fully saturated rings. The summed E-state index contributed by atoms with van der Waals surface area (Å²) in [6, 6.07) is 13.7. The van der Waals surface area contributed by atoms with Gasteiger partial charge in [-0.25, -0.2) is 4.98 Å². The quantitative estimate of drug-likeness (QED) is 0.831. The van der Waals surface area contributed by atoms with Gasteiger partial charge in [-0.05, 0) is 50.2 Å². The molecule has 1 saturated heterocycles. The van der Waals surface area contributed by atoms with Crippen LogP contribution in [0.5, 0.6) is 0 Å². The van der Waals surface area contributed by atoms with Crippen molar-refractivity contribution in [3.05, 3.63) is 48.7 Å². The Hall–Kier alpha value is -2.05. The molecule has 25 heavy (non-hydrogen) atoms. The molecule has 1 aromatic carbocycles. The van der Waals surface area contributed by atoms with Gasteiger partial charge in [-0.2, -0.15) is 0 Å². The molecule has 2 atom stereocenters. The highest BCUT2D eigenvalue weighted by Gasteiger charge is 2.22. The first kappa shape index (κ1) is 17.8. The molecule has 6 heteroatoms. The summed E-state index contributed by atoms with van der Waals surface area (Å²) in [4.78, 5) is 18.6. The first-order valence-electron chi connectivity index (χ1n) is 8.44. The number of aromatic nitrogens is 1. The Balaban J connectivity index is 1.52. The lowest BCUT2D eigenvalue weighted by molar-refractivity contribution is -0.113. The summed E-state index contributed by atoms with van der Waals surface area (Å²) >= 11 is 1.43. The van der Waals surface area contributed by atoms with Gasteiger partial charge in [0.25, 0.3) is 0 Å². The van der Waals surface area contributed by atoms with Crippen LogP contribution >= 0.6 is 11.8 Å². The number of hydrogen-bond donors (Lipinski definition) is 1. The van der Waals surface area contributed by atoms with Crippen LogP contribution in [0.3, 0.4) is 0 Å². The summed E-state index contributed by atoms with van der Waals surface area (Å²) in [7, 11) is 0. The fourth-order valence-electron chi connectivity index (χ4n) is 2.91. The Morgan fingerprint density at radius 2 is 1.92 bits per heavy atom. The van der Waals surface area contributed by atoms with Crippen molar-refractivity contribution in [3.63, 3.8) is 0 Å². The number of thioether (sulfide) groups is 1. The van der Waals surface area contributed by atoms with Crippen LogP contribution < -0.4 is 10.2 Å². The first-order valence-corrected chi connectivity index (χ1v) is 9.43. The largest absolute Gasteiger partial charge is 0.372 e. The molecule has 1 aliphatic rings. The van der Waals surface area contributed by atoms with Gasteiger partial charge in [-0.15, -0.1) is 0 Å². The second kappa shape index (κ2) is 8.36. The molecule has 0 saturated carbocycles. The maximum atomic E-state index is 12.1. The average molecular weight is 357 g/mol. The molecule has 132 valence electrons. The zero-order valence-electron chi connectivity index (χ0n) is 14.5. The summed E-state index contributed by atoms with van der Waals surface area (Å²) in [5.41, 5.74) is 1.97. The van der Waals surface area contributed by atoms with Gasteiger partial charge in [0.15, 0.2) is 0 Å². The molecule has 1 aromatic heterocycles. The lowest BCUT2D eigenvalue weighted by Gasteiger charge is -2.36. The molecule has 0 bridgehead atoms. The highest BCUT2D eigenvalue weighted by molar-refractivity contribution is 7.99. The number of morpholine rings is 1. The predicted molar refractivity (Wildman–Crippen MR) is 102 cm³/mol. The molecule has 1 amide bonds. The van der Waals surface area contributed by atoms with Crippen LogP contribution in [0.15, 0.2) is 53.7 Å². The highest BCUT2D eigenvalue weighted by atomic mass is 32.2. The van der Waals surface area contributed by atoms with E-state index in [1.54, 1.807) is 6.20 Å². The number of anilines is 2. The topological polar surface area (TPSA) is 54.5 Å². The van der Waals surface area contributed by atoms with Crippen molar-refractivity contribution in [1.82, 2.24) is 4.98 Å². The zero-order valence-corrected chi connectivity index (χ0v) is 15.3. The normalized spacial score (nSPS) is 20.3. The lowest BCUT2D eigenvalue weighted by atomic mass is 10.2. The van der Waals surface area contributed by atoms with E-state index in [-0.39, 0.29) is 18.1 Å². The average Bonchev–Trinajstić information content (AvgIpc) is 2.61. The number of nitrogens with one attached hydrogen (secondary N) is 1. The number of carbonyl (C=O) groups excluding carboxylic acids is 1. The number of carbonyl (C=O) groups is 1. The second-order valence-corrected chi connectivity index (χ2v) is 7.21. The summed E-state index contributed by atoms with van der Waals surface area (Å²) in [5, 5.41) is 3.78. The van der Waals surface area contributed by atoms with E-state index in [4.69, 9.17) is 4.74 Å². The number of hydrogen-bond acceptors (Lipinski definition) is 5. The molecule has 1 N–H and O–H groups in total. The minimum Gasteiger partial charge on any atom is -0.372 e. The fraction of sp³-hybridized carbons (Fsp3) is 0.368. The van der Waals surface area contributed by atoms with Gasteiger partial charge in [0.05, 0.1) is 23.0 Å². The van der Waals surface area contributed by atoms with Crippen LogP contribution in [0, 0.1) is 0 Å². The van der Waals surface area contributed by atoms with Gasteiger partial charge in [0.2, 0.25) is 5.91 Å². The predicted octanol–water partition coefficient (Wildman–Crippen LogP) is 3.43. The zero-order chi connectivity index (χ0) is 17.6. The summed E-state index contributed by atoms with van der Waals surface area (Å²) in [6.07, 6.45) is 2.19. The standard InChI is InChI=1S/C19H23N3O2S/c1-14-11-22(12-15(2)24-14)17-8-6-16(7-9-17)21-18(23)13-25-19-5-3-4-10-20-19/h3-10,14-15H,11-13H2,1-2H3,(H,21,23). The molecule has 0 spiro atoms. The number of amides is 1. The van der Waals surface area contributed by atoms with Crippen molar-refractivity contribution in [3.8, 4) is 0 Å². The molecule has 2 heterocycles. The van der Waals surface area contributed by atoms with Crippen LogP contribution in [0.1, 0.15) is 13.8 Å². The van der Waals surface area contributed by atoms with Crippen molar-refractivity contribution in [2.75, 3.05) is 29.1 Å². The summed E-state index contributed by atoms with van der Waals surface area (Å²) < 4.78 is 5.77. The molecular weight excluding hydrogens is 334 g/mol. The molecule has 5 nitrogen and oxygen atoms in total. The van der Waals surface area contributed by atoms with Gasteiger partial charge < -0.3 is 15.0 Å². The summed E-state index contributed by atoms with van der Waals surface area (Å²) in [5.74, 6) is 0.314. The number of benzene rings is 1. The van der Waals surface area contributed by atoms with E-state index < -0.39 is 0 Å². The number of ether oxygens (including phenoxy) is 1. The Labute approximate surface area is 152 Å². The fourth-order valence-corrected chi connectivity index (χ4v) is 3.57. The smallest absolute Gasteiger partial charge is 0.234 e. The van der Waals surface area contributed by atoms with Gasteiger partial charge >= 0.3 is 0 Å². The minimum absolute atomic E-state index is 0.0305. The molecular formula is C19H23N3O2S. The third-order valence-electron chi connectivity index (χ3n) is 3.92. The second-order valence-electron chi connectivity index (χ2n) is 6.21. The minimum atomic E-state index is -0.0305. The van der Waals surface area contributed by atoms with E-state index in [9.17, 15) is 4.79 Å². The van der Waals surface area contributed by atoms with Crippen LogP contribution in [-0.2, 0) is 9.53 Å². The van der Waals surface area contributed by atoms with Crippen molar-refractivity contribution in [2.45, 2.75) is 31.1 Å². The van der Waals surface area contributed by atoms with Crippen molar-refractivity contribution < 1.29 is 9.53 Å². The third-order valence-corrected chi connectivity index (χ3v) is 4.87. The van der Waals surface area contributed by atoms with Crippen molar-refractivity contribution >= 4 is 29.0 Å². The Bertz CT molecular complexity index is 684. The molecule has 2 aromatic rings. The SMILES string of the molecule is CC1CN(c2ccc(NC(=O)CSc3ccccn3)cc2)CC(C)O1. The van der Waals surface area contributed by atoms with E-state index in [0.717, 1.165) is 29.5 Å². The van der Waals surface area contributed by atoms with E-state index in [0.29, 0.717) is 5.75 Å². The molecule has 0 radical (unpaired) electrons. The molecule has 3 rings (SSSR count). The molecule has 1 aliphatic heterocycles. The van der Waals surface area contributed by atoms with E-state index in [1.807, 2.05) is 42.5 Å². The van der Waals surface area contributed by atoms with Gasteiger partial charge in [0.1, 0.15) is 0 Å². The van der Waals surface area contributed by atoms with Crippen LogP contribution in [0.2, 0.25) is 0 Å². The van der Waals surface area contributed by atoms with E-state index in [2.05, 4.69) is 29.0 Å². The van der Waals surface area contributed by atoms with Crippen molar-refractivity contribution in [1.29, 1.82) is 0 Å². The Kier molecular flexibility index (Phi) is 5.94. The number of pyridine rings is 1. The number of nitrogens with zero attached hydrogens (tertiary/aromatic N) is 2. The lowest BCUT2D eigenvalue weighted by Crippen LogP contribution is -2.45. The van der Waals surface area contributed by atoms with Gasteiger partial charge in [-0.3, -0.25) is 4.79 Å².